The second kappa shape index (κ2) is 19.8. The molecule has 0 spiro atoms. The van der Waals surface area contributed by atoms with Gasteiger partial charge in [0.2, 0.25) is 0 Å². The molecule has 9 heteroatoms. The molecule has 0 bridgehead atoms. The summed E-state index contributed by atoms with van der Waals surface area (Å²) in [6, 6.07) is 79.7. The fourth-order valence-corrected chi connectivity index (χ4v) is 12.9. The third-order valence-electron chi connectivity index (χ3n) is 15.0. The number of halogens is 1. The van der Waals surface area contributed by atoms with Crippen molar-refractivity contribution in [1.29, 1.82) is 0 Å². The SMILES string of the molecule is Clc1cnc2c3ccccc3c3ccccc3c2n1.OB(O)c1cccc(-c2cccc3c2sc2ccccc23)c1.c1cc(-c2cnc3c4ccccc4c4ccccc4c3n2)cc(-c2cccc3c2Cc2ccccc2-3)c1. The molecule has 6 nitrogen and oxygen atoms in total. The summed E-state index contributed by atoms with van der Waals surface area (Å²) in [5, 5.41) is 31.0. The zero-order valence-electron chi connectivity index (χ0n) is 41.8. The molecule has 0 atom stereocenters. The first-order valence-corrected chi connectivity index (χ1v) is 27.1. The number of fused-ring (bicyclic) bond motifs is 18. The predicted molar refractivity (Wildman–Crippen MR) is 328 cm³/mol. The van der Waals surface area contributed by atoms with Crippen LogP contribution in [0.4, 0.5) is 0 Å². The predicted octanol–water partition coefficient (Wildman–Crippen LogP) is 16.8. The van der Waals surface area contributed by atoms with E-state index in [0.717, 1.165) is 72.4 Å². The van der Waals surface area contributed by atoms with E-state index in [2.05, 4.69) is 192 Å². The Morgan fingerprint density at radius 1 is 0.385 bits per heavy atom. The zero-order valence-corrected chi connectivity index (χ0v) is 43.4. The molecule has 0 fully saturated rings. The van der Waals surface area contributed by atoms with Gasteiger partial charge in [-0.3, -0.25) is 9.97 Å². The Morgan fingerprint density at radius 2 is 0.859 bits per heavy atom. The summed E-state index contributed by atoms with van der Waals surface area (Å²) in [7, 11) is -1.44. The van der Waals surface area contributed by atoms with Gasteiger partial charge in [0.05, 0.1) is 40.2 Å². The van der Waals surface area contributed by atoms with Crippen LogP contribution in [0.3, 0.4) is 0 Å². The molecule has 1 aliphatic rings. The summed E-state index contributed by atoms with van der Waals surface area (Å²) in [6.45, 7) is 0. The minimum absolute atomic E-state index is 0.424. The molecular formula is C69H44BClN4O2S. The molecule has 0 amide bonds. The van der Waals surface area contributed by atoms with E-state index in [9.17, 15) is 10.0 Å². The maximum Gasteiger partial charge on any atom is 0.488 e. The second-order valence-corrected chi connectivity index (χ2v) is 21.0. The van der Waals surface area contributed by atoms with Gasteiger partial charge in [0.1, 0.15) is 5.15 Å². The van der Waals surface area contributed by atoms with Crippen molar-refractivity contribution < 1.29 is 10.0 Å². The Labute approximate surface area is 458 Å². The van der Waals surface area contributed by atoms with Crippen LogP contribution >= 0.6 is 22.9 Å². The number of hydrogen-bond acceptors (Lipinski definition) is 7. The van der Waals surface area contributed by atoms with Gasteiger partial charge in [-0.25, -0.2) is 9.97 Å². The molecule has 3 aromatic heterocycles. The van der Waals surface area contributed by atoms with Crippen molar-refractivity contribution in [3.63, 3.8) is 0 Å². The van der Waals surface area contributed by atoms with E-state index in [1.54, 1.807) is 23.6 Å². The summed E-state index contributed by atoms with van der Waals surface area (Å²) in [5.41, 5.74) is 16.3. The summed E-state index contributed by atoms with van der Waals surface area (Å²) < 4.78 is 2.50. The van der Waals surface area contributed by atoms with E-state index in [4.69, 9.17) is 21.6 Å². The average Bonchev–Trinajstić information content (AvgIpc) is 4.21. The first-order chi connectivity index (χ1) is 38.4. The van der Waals surface area contributed by atoms with Crippen LogP contribution in [0.5, 0.6) is 0 Å². The molecule has 3 heterocycles. The van der Waals surface area contributed by atoms with Gasteiger partial charge in [-0.15, -0.1) is 11.3 Å². The van der Waals surface area contributed by atoms with E-state index in [1.165, 1.54) is 75.1 Å². The number of aromatic nitrogens is 4. The van der Waals surface area contributed by atoms with E-state index in [-0.39, 0.29) is 0 Å². The fraction of sp³-hybridized carbons (Fsp3) is 0.0145. The molecule has 0 saturated heterocycles. The van der Waals surface area contributed by atoms with Gasteiger partial charge in [-0.2, -0.15) is 0 Å². The van der Waals surface area contributed by atoms with Crippen LogP contribution in [0, 0.1) is 0 Å². The molecule has 1 aliphatic carbocycles. The maximum atomic E-state index is 9.38. The van der Waals surface area contributed by atoms with E-state index in [1.807, 2.05) is 48.7 Å². The quantitative estimate of drug-likeness (QED) is 0.135. The molecule has 368 valence electrons. The Morgan fingerprint density at radius 3 is 1.54 bits per heavy atom. The highest BCUT2D eigenvalue weighted by atomic mass is 35.5. The standard InChI is InChI=1S/C35H22N2.C18H13BO2S.C16H9ClN2/c1-2-12-25-23(9-1)20-32-26(17-8-18-27(25)32)22-10-7-11-24(19-22)33-21-36-34-30-15-5-3-13-28(30)29-14-4-6-16-31(29)35(34)37-33;20-19(21)13-6-3-5-12(11-13)14-8-4-9-16-15-7-1-2-10-17(15)22-18(14)16;17-14-9-18-15-12-7-3-1-5-10(12)11-6-2-4-8-13(11)16(15)19-14/h1-19,21H,20H2;1-11,20-21H;1-9H. The van der Waals surface area contributed by atoms with Crippen molar-refractivity contribution in [2.24, 2.45) is 0 Å². The molecule has 78 heavy (non-hydrogen) atoms. The normalized spacial score (nSPS) is 11.7. The largest absolute Gasteiger partial charge is 0.488 e. The van der Waals surface area contributed by atoms with Crippen molar-refractivity contribution in [1.82, 2.24) is 19.9 Å². The van der Waals surface area contributed by atoms with Crippen molar-refractivity contribution in [2.45, 2.75) is 6.42 Å². The number of benzene rings is 12. The lowest BCUT2D eigenvalue weighted by Crippen LogP contribution is -2.29. The third kappa shape index (κ3) is 8.30. The van der Waals surface area contributed by atoms with Crippen LogP contribution in [0.15, 0.2) is 243 Å². The lowest BCUT2D eigenvalue weighted by atomic mass is 9.79. The van der Waals surface area contributed by atoms with Gasteiger partial charge in [-0.05, 0) is 90.1 Å². The molecule has 0 saturated carbocycles. The Bertz CT molecular complexity index is 4800. The number of thiophene rings is 1. The molecule has 0 unspecified atom stereocenters. The smallest absolute Gasteiger partial charge is 0.423 e. The van der Waals surface area contributed by atoms with Crippen molar-refractivity contribution in [3.8, 4) is 44.6 Å². The lowest BCUT2D eigenvalue weighted by Gasteiger charge is -2.12. The fourth-order valence-electron chi connectivity index (χ4n) is 11.5. The molecule has 2 N–H and O–H groups in total. The van der Waals surface area contributed by atoms with Crippen LogP contribution in [0.25, 0.3) is 130 Å². The lowest BCUT2D eigenvalue weighted by molar-refractivity contribution is 0.426. The van der Waals surface area contributed by atoms with E-state index in [0.29, 0.717) is 10.6 Å². The van der Waals surface area contributed by atoms with Crippen LogP contribution in [-0.4, -0.2) is 37.1 Å². The summed E-state index contributed by atoms with van der Waals surface area (Å²) in [4.78, 5) is 19.1. The molecule has 16 rings (SSSR count). The number of nitrogens with zero attached hydrogens (tertiary/aromatic N) is 4. The van der Waals surface area contributed by atoms with Gasteiger partial charge in [0.25, 0.3) is 0 Å². The van der Waals surface area contributed by atoms with Crippen molar-refractivity contribution in [2.75, 3.05) is 0 Å². The van der Waals surface area contributed by atoms with Gasteiger partial charge >= 0.3 is 7.12 Å². The van der Waals surface area contributed by atoms with Gasteiger partial charge < -0.3 is 10.0 Å². The topological polar surface area (TPSA) is 92.0 Å². The van der Waals surface area contributed by atoms with Gasteiger partial charge in [-0.1, -0.05) is 230 Å². The third-order valence-corrected chi connectivity index (χ3v) is 16.4. The highest BCUT2D eigenvalue weighted by molar-refractivity contribution is 7.26. The van der Waals surface area contributed by atoms with Crippen LogP contribution in [0.2, 0.25) is 5.15 Å². The Balaban J connectivity index is 0.000000115. The van der Waals surface area contributed by atoms with Crippen LogP contribution < -0.4 is 5.46 Å². The Kier molecular flexibility index (Phi) is 12.0. The van der Waals surface area contributed by atoms with Crippen LogP contribution in [-0.2, 0) is 6.42 Å². The average molecular weight is 1040 g/mol. The van der Waals surface area contributed by atoms with E-state index >= 15 is 0 Å². The number of hydrogen-bond donors (Lipinski definition) is 2. The minimum atomic E-state index is -1.44. The second-order valence-electron chi connectivity index (χ2n) is 19.6. The summed E-state index contributed by atoms with van der Waals surface area (Å²) in [5.74, 6) is 0. The van der Waals surface area contributed by atoms with Crippen molar-refractivity contribution >= 4 is 121 Å². The first kappa shape index (κ1) is 47.3. The number of rotatable bonds is 4. The first-order valence-electron chi connectivity index (χ1n) is 25.9. The Hall–Kier alpha value is -9.15. The molecule has 12 aromatic carbocycles. The monoisotopic (exact) mass is 1040 g/mol. The van der Waals surface area contributed by atoms with Crippen LogP contribution in [0.1, 0.15) is 11.1 Å². The molecular weight excluding hydrogens is 995 g/mol. The highest BCUT2D eigenvalue weighted by Crippen LogP contribution is 2.43. The molecule has 0 aliphatic heterocycles. The molecule has 0 radical (unpaired) electrons. The van der Waals surface area contributed by atoms with E-state index < -0.39 is 7.12 Å². The zero-order chi connectivity index (χ0) is 52.3. The van der Waals surface area contributed by atoms with Crippen molar-refractivity contribution in [3.05, 3.63) is 259 Å². The van der Waals surface area contributed by atoms with Gasteiger partial charge in [0.15, 0.2) is 0 Å². The summed E-state index contributed by atoms with van der Waals surface area (Å²) >= 11 is 7.77. The molecule has 15 aromatic rings. The summed E-state index contributed by atoms with van der Waals surface area (Å²) in [6.07, 6.45) is 4.50. The maximum absolute atomic E-state index is 9.38. The minimum Gasteiger partial charge on any atom is -0.423 e. The highest BCUT2D eigenvalue weighted by Gasteiger charge is 2.22. The van der Waals surface area contributed by atoms with Gasteiger partial charge in [0, 0.05) is 47.3 Å².